The Morgan fingerprint density at radius 2 is 1.94 bits per heavy atom. The summed E-state index contributed by atoms with van der Waals surface area (Å²) in [7, 11) is 0. The highest BCUT2D eigenvalue weighted by Gasteiger charge is 2.43. The van der Waals surface area contributed by atoms with Gasteiger partial charge in [0.05, 0.1) is 12.7 Å². The zero-order valence-corrected chi connectivity index (χ0v) is 11.5. The number of para-hydroxylation sites is 1. The summed E-state index contributed by atoms with van der Waals surface area (Å²) in [5.41, 5.74) is 1.46. The normalized spacial score (nSPS) is 17.0. The van der Waals surface area contributed by atoms with Crippen LogP contribution in [0, 0.1) is 16.7 Å². The maximum atomic E-state index is 8.82. The molecule has 1 aromatic rings. The van der Waals surface area contributed by atoms with Gasteiger partial charge in [0.15, 0.2) is 0 Å². The summed E-state index contributed by atoms with van der Waals surface area (Å²) in [6.45, 7) is 7.25. The predicted octanol–water partition coefficient (Wildman–Crippen LogP) is 4.06. The minimum atomic E-state index is 0.0858. The topological polar surface area (TPSA) is 33.0 Å². The van der Waals surface area contributed by atoms with Crippen LogP contribution < -0.4 is 4.74 Å². The fourth-order valence-corrected chi connectivity index (χ4v) is 2.16. The third-order valence-electron chi connectivity index (χ3n) is 3.64. The lowest BCUT2D eigenvalue weighted by atomic mass is 9.86. The largest absolute Gasteiger partial charge is 0.493 e. The standard InChI is InChI=1S/C16H21NO/c1-15(2,3)13-6-4-5-7-14(13)18-12-16(8-9-16)10-11-17/h4-7H,8-10,12H2,1-3H3. The molecule has 1 saturated carbocycles. The Hall–Kier alpha value is -1.49. The average molecular weight is 243 g/mol. The first kappa shape index (κ1) is 13.0. The molecule has 0 bridgehead atoms. The van der Waals surface area contributed by atoms with Crippen LogP contribution in [-0.2, 0) is 5.41 Å². The van der Waals surface area contributed by atoms with Gasteiger partial charge in [-0.15, -0.1) is 0 Å². The second kappa shape index (κ2) is 4.65. The number of rotatable bonds is 4. The highest BCUT2D eigenvalue weighted by Crippen LogP contribution is 2.49. The summed E-state index contributed by atoms with van der Waals surface area (Å²) in [5.74, 6) is 0.967. The zero-order valence-electron chi connectivity index (χ0n) is 11.5. The molecule has 0 heterocycles. The minimum absolute atomic E-state index is 0.0858. The van der Waals surface area contributed by atoms with E-state index in [2.05, 4.69) is 39.0 Å². The van der Waals surface area contributed by atoms with Crippen molar-refractivity contribution >= 4 is 0 Å². The third kappa shape index (κ3) is 2.85. The summed E-state index contributed by atoms with van der Waals surface area (Å²) < 4.78 is 5.99. The van der Waals surface area contributed by atoms with Crippen LogP contribution in [0.1, 0.15) is 45.6 Å². The van der Waals surface area contributed by atoms with E-state index < -0.39 is 0 Å². The molecule has 0 unspecified atom stereocenters. The SMILES string of the molecule is CC(C)(C)c1ccccc1OCC1(CC#N)CC1. The lowest BCUT2D eigenvalue weighted by Gasteiger charge is -2.23. The molecule has 1 aliphatic rings. The third-order valence-corrected chi connectivity index (χ3v) is 3.64. The van der Waals surface area contributed by atoms with E-state index in [9.17, 15) is 0 Å². The van der Waals surface area contributed by atoms with Crippen molar-refractivity contribution in [3.05, 3.63) is 29.8 Å². The van der Waals surface area contributed by atoms with Crippen LogP contribution in [-0.4, -0.2) is 6.61 Å². The summed E-state index contributed by atoms with van der Waals surface area (Å²) >= 11 is 0. The van der Waals surface area contributed by atoms with Crippen molar-refractivity contribution in [3.63, 3.8) is 0 Å². The van der Waals surface area contributed by atoms with Gasteiger partial charge in [0.25, 0.3) is 0 Å². The van der Waals surface area contributed by atoms with Gasteiger partial charge in [0.1, 0.15) is 5.75 Å². The fourth-order valence-electron chi connectivity index (χ4n) is 2.16. The molecule has 2 heteroatoms. The Morgan fingerprint density at radius 1 is 1.28 bits per heavy atom. The highest BCUT2D eigenvalue weighted by atomic mass is 16.5. The molecular weight excluding hydrogens is 222 g/mol. The van der Waals surface area contributed by atoms with Crippen LogP contribution in [0.3, 0.4) is 0 Å². The molecule has 2 rings (SSSR count). The molecule has 96 valence electrons. The zero-order chi connectivity index (χ0) is 13.2. The van der Waals surface area contributed by atoms with Gasteiger partial charge in [-0.1, -0.05) is 39.0 Å². The predicted molar refractivity (Wildman–Crippen MR) is 72.5 cm³/mol. The molecule has 0 aromatic heterocycles. The van der Waals surface area contributed by atoms with Gasteiger partial charge < -0.3 is 4.74 Å². The second-order valence-electron chi connectivity index (χ2n) is 6.37. The number of nitrogens with zero attached hydrogens (tertiary/aromatic N) is 1. The molecule has 2 nitrogen and oxygen atoms in total. The Kier molecular flexibility index (Phi) is 3.34. The smallest absolute Gasteiger partial charge is 0.123 e. The van der Waals surface area contributed by atoms with Crippen molar-refractivity contribution in [2.75, 3.05) is 6.61 Å². The number of hydrogen-bond acceptors (Lipinski definition) is 2. The Labute approximate surface area is 110 Å². The van der Waals surface area contributed by atoms with Crippen molar-refractivity contribution < 1.29 is 4.74 Å². The molecule has 1 fully saturated rings. The van der Waals surface area contributed by atoms with Crippen molar-refractivity contribution in [2.24, 2.45) is 5.41 Å². The van der Waals surface area contributed by atoms with E-state index in [1.165, 1.54) is 5.56 Å². The van der Waals surface area contributed by atoms with Gasteiger partial charge in [0, 0.05) is 11.8 Å². The van der Waals surface area contributed by atoms with Crippen LogP contribution in [0.4, 0.5) is 0 Å². The molecule has 0 atom stereocenters. The quantitative estimate of drug-likeness (QED) is 0.799. The Balaban J connectivity index is 2.09. The number of hydrogen-bond donors (Lipinski definition) is 0. The average Bonchev–Trinajstić information content (AvgIpc) is 3.07. The highest BCUT2D eigenvalue weighted by molar-refractivity contribution is 5.38. The molecule has 1 aliphatic carbocycles. The summed E-state index contributed by atoms with van der Waals surface area (Å²) in [5, 5.41) is 8.82. The Bertz CT molecular complexity index is 461. The molecule has 0 amide bonds. The molecular formula is C16H21NO. The fraction of sp³-hybridized carbons (Fsp3) is 0.562. The number of nitriles is 1. The van der Waals surface area contributed by atoms with Crippen molar-refractivity contribution in [3.8, 4) is 11.8 Å². The van der Waals surface area contributed by atoms with Crippen molar-refractivity contribution in [2.45, 2.75) is 45.4 Å². The summed E-state index contributed by atoms with van der Waals surface area (Å²) in [4.78, 5) is 0. The molecule has 0 saturated heterocycles. The maximum Gasteiger partial charge on any atom is 0.123 e. The van der Waals surface area contributed by atoms with Crippen LogP contribution in [0.5, 0.6) is 5.75 Å². The molecule has 1 aromatic carbocycles. The van der Waals surface area contributed by atoms with Crippen molar-refractivity contribution in [1.82, 2.24) is 0 Å². The van der Waals surface area contributed by atoms with Gasteiger partial charge in [0.2, 0.25) is 0 Å². The molecule has 0 N–H and O–H groups in total. The first-order valence-corrected chi connectivity index (χ1v) is 6.56. The lowest BCUT2D eigenvalue weighted by molar-refractivity contribution is 0.232. The first-order chi connectivity index (χ1) is 8.47. The lowest BCUT2D eigenvalue weighted by Crippen LogP contribution is -2.17. The van der Waals surface area contributed by atoms with E-state index in [0.29, 0.717) is 13.0 Å². The summed E-state index contributed by atoms with van der Waals surface area (Å²) in [6.07, 6.45) is 2.86. The van der Waals surface area contributed by atoms with Crippen LogP contribution in [0.15, 0.2) is 24.3 Å². The van der Waals surface area contributed by atoms with Gasteiger partial charge in [-0.25, -0.2) is 0 Å². The molecule has 0 aliphatic heterocycles. The van der Waals surface area contributed by atoms with E-state index >= 15 is 0 Å². The van der Waals surface area contributed by atoms with Gasteiger partial charge >= 0.3 is 0 Å². The first-order valence-electron chi connectivity index (χ1n) is 6.56. The van der Waals surface area contributed by atoms with E-state index in [0.717, 1.165) is 18.6 Å². The van der Waals surface area contributed by atoms with Gasteiger partial charge in [-0.05, 0) is 29.9 Å². The molecule has 0 spiro atoms. The number of benzene rings is 1. The van der Waals surface area contributed by atoms with Crippen molar-refractivity contribution in [1.29, 1.82) is 5.26 Å². The van der Waals surface area contributed by atoms with Gasteiger partial charge in [-0.3, -0.25) is 0 Å². The Morgan fingerprint density at radius 3 is 2.50 bits per heavy atom. The van der Waals surface area contributed by atoms with E-state index in [-0.39, 0.29) is 10.8 Å². The van der Waals surface area contributed by atoms with E-state index in [1.54, 1.807) is 0 Å². The molecule has 0 radical (unpaired) electrons. The minimum Gasteiger partial charge on any atom is -0.493 e. The monoisotopic (exact) mass is 243 g/mol. The van der Waals surface area contributed by atoms with E-state index in [4.69, 9.17) is 10.00 Å². The maximum absolute atomic E-state index is 8.82. The second-order valence-corrected chi connectivity index (χ2v) is 6.37. The van der Waals surface area contributed by atoms with Crippen LogP contribution in [0.2, 0.25) is 0 Å². The molecule has 18 heavy (non-hydrogen) atoms. The number of ether oxygens (including phenoxy) is 1. The van der Waals surface area contributed by atoms with E-state index in [1.807, 2.05) is 12.1 Å². The van der Waals surface area contributed by atoms with Crippen LogP contribution >= 0.6 is 0 Å². The van der Waals surface area contributed by atoms with Gasteiger partial charge in [-0.2, -0.15) is 5.26 Å². The summed E-state index contributed by atoms with van der Waals surface area (Å²) in [6, 6.07) is 10.5. The van der Waals surface area contributed by atoms with Crippen LogP contribution in [0.25, 0.3) is 0 Å².